The number of rotatable bonds is 9. The van der Waals surface area contributed by atoms with Crippen LogP contribution in [0, 0.1) is 11.3 Å². The molecule has 0 aliphatic carbocycles. The molecule has 0 amide bonds. The van der Waals surface area contributed by atoms with Gasteiger partial charge in [0.05, 0.1) is 18.2 Å². The second kappa shape index (κ2) is 10.3. The Labute approximate surface area is 145 Å². The van der Waals surface area contributed by atoms with E-state index in [9.17, 15) is 0 Å². The van der Waals surface area contributed by atoms with E-state index in [2.05, 4.69) is 31.2 Å². The Bertz CT molecular complexity index is 663. The van der Waals surface area contributed by atoms with Crippen LogP contribution < -0.4 is 4.74 Å². The van der Waals surface area contributed by atoms with Crippen molar-refractivity contribution in [2.24, 2.45) is 0 Å². The molecule has 0 bridgehead atoms. The lowest BCUT2D eigenvalue weighted by Gasteiger charge is -2.06. The molecule has 0 saturated heterocycles. The quantitative estimate of drug-likeness (QED) is 0.414. The normalized spacial score (nSPS) is 10.7. The maximum absolute atomic E-state index is 8.80. The van der Waals surface area contributed by atoms with Crippen molar-refractivity contribution in [1.29, 1.82) is 5.26 Å². The van der Waals surface area contributed by atoms with Gasteiger partial charge < -0.3 is 4.74 Å². The Morgan fingerprint density at radius 3 is 2.00 bits per heavy atom. The van der Waals surface area contributed by atoms with Crippen molar-refractivity contribution in [2.45, 2.75) is 39.0 Å². The van der Waals surface area contributed by atoms with Gasteiger partial charge in [0, 0.05) is 0 Å². The van der Waals surface area contributed by atoms with E-state index in [4.69, 9.17) is 10.00 Å². The fraction of sp³-hybridized carbons (Fsp3) is 0.318. The number of unbranched alkanes of at least 4 members (excludes halogenated alkanes) is 4. The Kier molecular flexibility index (Phi) is 7.63. The van der Waals surface area contributed by atoms with Gasteiger partial charge in [-0.15, -0.1) is 0 Å². The van der Waals surface area contributed by atoms with Crippen LogP contribution in [-0.2, 0) is 0 Å². The third-order valence-corrected chi connectivity index (χ3v) is 3.90. The highest BCUT2D eigenvalue weighted by Crippen LogP contribution is 2.15. The third kappa shape index (κ3) is 6.30. The van der Waals surface area contributed by atoms with Crippen molar-refractivity contribution < 1.29 is 4.74 Å². The standard InChI is InChI=1S/C22H25NO/c1-2-3-4-5-6-17-24-22-15-13-20(14-16-22)8-7-19-9-11-21(18-23)12-10-19/h7-16H,2-6,17H2,1H3. The Morgan fingerprint density at radius 1 is 0.833 bits per heavy atom. The summed E-state index contributed by atoms with van der Waals surface area (Å²) in [5.74, 6) is 0.931. The molecule has 2 aromatic carbocycles. The predicted octanol–water partition coefficient (Wildman–Crippen LogP) is 6.08. The van der Waals surface area contributed by atoms with Crippen LogP contribution in [0.2, 0.25) is 0 Å². The summed E-state index contributed by atoms with van der Waals surface area (Å²) in [6.07, 6.45) is 10.4. The third-order valence-electron chi connectivity index (χ3n) is 3.90. The van der Waals surface area contributed by atoms with Crippen LogP contribution in [0.5, 0.6) is 5.75 Å². The smallest absolute Gasteiger partial charge is 0.119 e. The summed E-state index contributed by atoms with van der Waals surface area (Å²) in [5.41, 5.74) is 2.90. The molecule has 124 valence electrons. The highest BCUT2D eigenvalue weighted by atomic mass is 16.5. The van der Waals surface area contributed by atoms with Crippen molar-refractivity contribution in [3.63, 3.8) is 0 Å². The number of hydrogen-bond donors (Lipinski definition) is 0. The molecular formula is C22H25NO. The minimum atomic E-state index is 0.684. The van der Waals surface area contributed by atoms with E-state index in [-0.39, 0.29) is 0 Å². The maximum Gasteiger partial charge on any atom is 0.119 e. The van der Waals surface area contributed by atoms with Crippen molar-refractivity contribution in [3.8, 4) is 11.8 Å². The van der Waals surface area contributed by atoms with Crippen molar-refractivity contribution in [1.82, 2.24) is 0 Å². The molecule has 0 radical (unpaired) electrons. The van der Waals surface area contributed by atoms with Crippen LogP contribution in [0.3, 0.4) is 0 Å². The van der Waals surface area contributed by atoms with Gasteiger partial charge in [0.1, 0.15) is 5.75 Å². The molecule has 0 heterocycles. The molecule has 2 nitrogen and oxygen atoms in total. The second-order valence-corrected chi connectivity index (χ2v) is 5.90. The highest BCUT2D eigenvalue weighted by molar-refractivity contribution is 5.70. The zero-order valence-electron chi connectivity index (χ0n) is 14.4. The lowest BCUT2D eigenvalue weighted by molar-refractivity contribution is 0.304. The molecule has 2 heteroatoms. The summed E-state index contributed by atoms with van der Waals surface area (Å²) < 4.78 is 5.77. The Morgan fingerprint density at radius 2 is 1.42 bits per heavy atom. The number of nitrogens with zero attached hydrogens (tertiary/aromatic N) is 1. The molecule has 0 fully saturated rings. The van der Waals surface area contributed by atoms with E-state index in [1.807, 2.05) is 42.5 Å². The molecule has 24 heavy (non-hydrogen) atoms. The molecule has 0 unspecified atom stereocenters. The fourth-order valence-electron chi connectivity index (χ4n) is 2.43. The summed E-state index contributed by atoms with van der Waals surface area (Å²) >= 11 is 0. The summed E-state index contributed by atoms with van der Waals surface area (Å²) in [5, 5.41) is 8.80. The molecular weight excluding hydrogens is 294 g/mol. The molecule has 0 aliphatic heterocycles. The number of hydrogen-bond acceptors (Lipinski definition) is 2. The molecule has 2 aromatic rings. The Balaban J connectivity index is 1.78. The number of benzene rings is 2. The largest absolute Gasteiger partial charge is 0.494 e. The SMILES string of the molecule is CCCCCCCOc1ccc(C=Cc2ccc(C#N)cc2)cc1. The molecule has 0 aromatic heterocycles. The molecule has 0 aliphatic rings. The van der Waals surface area contributed by atoms with E-state index in [0.717, 1.165) is 29.9 Å². The average Bonchev–Trinajstić information content (AvgIpc) is 2.64. The summed E-state index contributed by atoms with van der Waals surface area (Å²) in [7, 11) is 0. The molecule has 2 rings (SSSR count). The first-order chi connectivity index (χ1) is 11.8. The van der Waals surface area contributed by atoms with Crippen LogP contribution in [0.4, 0.5) is 0 Å². The van der Waals surface area contributed by atoms with Gasteiger partial charge in [0.25, 0.3) is 0 Å². The van der Waals surface area contributed by atoms with Gasteiger partial charge in [-0.1, -0.05) is 69.0 Å². The molecule has 0 atom stereocenters. The van der Waals surface area contributed by atoms with Gasteiger partial charge in [0.2, 0.25) is 0 Å². The van der Waals surface area contributed by atoms with Gasteiger partial charge in [-0.25, -0.2) is 0 Å². The van der Waals surface area contributed by atoms with E-state index < -0.39 is 0 Å². The molecule has 0 spiro atoms. The average molecular weight is 319 g/mol. The monoisotopic (exact) mass is 319 g/mol. The molecule has 0 saturated carbocycles. The highest BCUT2D eigenvalue weighted by Gasteiger charge is 1.95. The minimum Gasteiger partial charge on any atom is -0.494 e. The van der Waals surface area contributed by atoms with E-state index >= 15 is 0 Å². The van der Waals surface area contributed by atoms with E-state index in [1.54, 1.807) is 0 Å². The van der Waals surface area contributed by atoms with E-state index in [1.165, 1.54) is 25.7 Å². The van der Waals surface area contributed by atoms with Crippen molar-refractivity contribution >= 4 is 12.2 Å². The predicted molar refractivity (Wildman–Crippen MR) is 101 cm³/mol. The van der Waals surface area contributed by atoms with Crippen LogP contribution >= 0.6 is 0 Å². The van der Waals surface area contributed by atoms with Crippen LogP contribution in [-0.4, -0.2) is 6.61 Å². The topological polar surface area (TPSA) is 33.0 Å². The first-order valence-corrected chi connectivity index (χ1v) is 8.73. The zero-order chi connectivity index (χ0) is 17.0. The van der Waals surface area contributed by atoms with Crippen molar-refractivity contribution in [2.75, 3.05) is 6.61 Å². The minimum absolute atomic E-state index is 0.684. The maximum atomic E-state index is 8.80. The second-order valence-electron chi connectivity index (χ2n) is 5.90. The summed E-state index contributed by atoms with van der Waals surface area (Å²) in [6, 6.07) is 17.8. The lowest BCUT2D eigenvalue weighted by atomic mass is 10.1. The van der Waals surface area contributed by atoms with Gasteiger partial charge in [-0.2, -0.15) is 5.26 Å². The van der Waals surface area contributed by atoms with Crippen molar-refractivity contribution in [3.05, 3.63) is 65.2 Å². The van der Waals surface area contributed by atoms with E-state index in [0.29, 0.717) is 5.56 Å². The van der Waals surface area contributed by atoms with Gasteiger partial charge >= 0.3 is 0 Å². The summed E-state index contributed by atoms with van der Waals surface area (Å²) in [4.78, 5) is 0. The van der Waals surface area contributed by atoms with Gasteiger partial charge in [0.15, 0.2) is 0 Å². The lowest BCUT2D eigenvalue weighted by Crippen LogP contribution is -1.97. The zero-order valence-corrected chi connectivity index (χ0v) is 14.4. The van der Waals surface area contributed by atoms with Crippen LogP contribution in [0.1, 0.15) is 55.7 Å². The van der Waals surface area contributed by atoms with Gasteiger partial charge in [-0.3, -0.25) is 0 Å². The first kappa shape index (κ1) is 17.8. The van der Waals surface area contributed by atoms with Gasteiger partial charge in [-0.05, 0) is 41.8 Å². The Hall–Kier alpha value is -2.53. The van der Waals surface area contributed by atoms with Crippen LogP contribution in [0.15, 0.2) is 48.5 Å². The number of ether oxygens (including phenoxy) is 1. The van der Waals surface area contributed by atoms with Crippen LogP contribution in [0.25, 0.3) is 12.2 Å². The fourth-order valence-corrected chi connectivity index (χ4v) is 2.43. The number of nitriles is 1. The first-order valence-electron chi connectivity index (χ1n) is 8.73. The molecule has 0 N–H and O–H groups in total. The summed E-state index contributed by atoms with van der Waals surface area (Å²) in [6.45, 7) is 3.03.